The van der Waals surface area contributed by atoms with Crippen LogP contribution in [0.1, 0.15) is 38.5 Å². The van der Waals surface area contributed by atoms with E-state index in [-0.39, 0.29) is 23.8 Å². The van der Waals surface area contributed by atoms with Crippen molar-refractivity contribution in [3.05, 3.63) is 41.4 Å². The zero-order valence-electron chi connectivity index (χ0n) is 22.1. The first-order valence-electron chi connectivity index (χ1n) is 14.3. The molecule has 2 bridgehead atoms. The van der Waals surface area contributed by atoms with Crippen LogP contribution in [0.2, 0.25) is 5.02 Å². The Bertz CT molecular complexity index is 1120. The van der Waals surface area contributed by atoms with Crippen molar-refractivity contribution in [2.24, 2.45) is 11.8 Å². The summed E-state index contributed by atoms with van der Waals surface area (Å²) in [6.45, 7) is 4.42. The molecule has 3 amide bonds. The van der Waals surface area contributed by atoms with Gasteiger partial charge in [-0.15, -0.1) is 0 Å². The standard InChI is InChI=1S/C29H37ClN4O5/c30-19-7-9-21(10-8-19)31-26(35)23-22-11-12-29(39-22)24(23)28(37)34(14-4-13-33-15-17-38-18-16-33)25(29)27(36)32-20-5-2-1-3-6-20/h7-12,20,22-25H,1-6,13-18H2,(H,31,35)(H,32,36)/t22-,23-,24-,25-,29-/m0/s1. The number of nitrogens with zero attached hydrogens (tertiary/aromatic N) is 2. The fourth-order valence-corrected chi connectivity index (χ4v) is 7.21. The van der Waals surface area contributed by atoms with E-state index in [4.69, 9.17) is 21.1 Å². The number of rotatable bonds is 8. The Morgan fingerprint density at radius 3 is 2.51 bits per heavy atom. The van der Waals surface area contributed by atoms with Gasteiger partial charge in [-0.2, -0.15) is 0 Å². The Kier molecular flexibility index (Phi) is 7.68. The molecular formula is C29H37ClN4O5. The summed E-state index contributed by atoms with van der Waals surface area (Å²) in [6, 6.07) is 6.19. The first-order chi connectivity index (χ1) is 19.0. The minimum absolute atomic E-state index is 0.110. The number of carbonyl (C=O) groups is 3. The second-order valence-corrected chi connectivity index (χ2v) is 11.8. The van der Waals surface area contributed by atoms with Gasteiger partial charge in [-0.05, 0) is 43.5 Å². The SMILES string of the molecule is O=C(Nc1ccc(Cl)cc1)[C@H]1[C@@H]2C=C[C@]3(O2)[C@@H]1C(=O)N(CCCN1CCOCC1)[C@H]3C(=O)NC1CCCCC1. The van der Waals surface area contributed by atoms with Crippen molar-refractivity contribution in [3.63, 3.8) is 0 Å². The summed E-state index contributed by atoms with van der Waals surface area (Å²) in [5.41, 5.74) is -0.536. The molecule has 3 saturated heterocycles. The molecule has 1 aromatic carbocycles. The van der Waals surface area contributed by atoms with E-state index in [2.05, 4.69) is 15.5 Å². The number of ether oxygens (including phenoxy) is 2. The molecule has 10 heteroatoms. The van der Waals surface area contributed by atoms with Crippen LogP contribution in [0, 0.1) is 11.8 Å². The average Bonchev–Trinajstić information content (AvgIpc) is 3.58. The molecule has 0 aromatic heterocycles. The number of amides is 3. The van der Waals surface area contributed by atoms with Gasteiger partial charge in [0.15, 0.2) is 0 Å². The molecule has 210 valence electrons. The molecule has 4 heterocycles. The van der Waals surface area contributed by atoms with Gasteiger partial charge in [-0.1, -0.05) is 43.0 Å². The number of fused-ring (bicyclic) bond motifs is 1. The quantitative estimate of drug-likeness (QED) is 0.478. The van der Waals surface area contributed by atoms with Crippen LogP contribution < -0.4 is 10.6 Å². The molecule has 4 aliphatic heterocycles. The predicted octanol–water partition coefficient (Wildman–Crippen LogP) is 2.60. The third-order valence-corrected chi connectivity index (χ3v) is 9.22. The topological polar surface area (TPSA) is 100 Å². The molecule has 0 radical (unpaired) electrons. The van der Waals surface area contributed by atoms with Gasteiger partial charge < -0.3 is 25.0 Å². The van der Waals surface area contributed by atoms with Crippen LogP contribution in [0.25, 0.3) is 0 Å². The largest absolute Gasteiger partial charge is 0.379 e. The second kappa shape index (κ2) is 11.2. The summed E-state index contributed by atoms with van der Waals surface area (Å²) in [7, 11) is 0. The highest BCUT2D eigenvalue weighted by Gasteiger charge is 2.72. The van der Waals surface area contributed by atoms with Crippen molar-refractivity contribution in [3.8, 4) is 0 Å². The van der Waals surface area contributed by atoms with Gasteiger partial charge in [0.1, 0.15) is 11.6 Å². The molecule has 0 unspecified atom stereocenters. The van der Waals surface area contributed by atoms with Crippen LogP contribution in [0.15, 0.2) is 36.4 Å². The lowest BCUT2D eigenvalue weighted by molar-refractivity contribution is -0.141. The van der Waals surface area contributed by atoms with E-state index >= 15 is 0 Å². The molecule has 5 atom stereocenters. The van der Waals surface area contributed by atoms with Crippen LogP contribution >= 0.6 is 11.6 Å². The van der Waals surface area contributed by atoms with E-state index in [0.717, 1.165) is 51.7 Å². The van der Waals surface area contributed by atoms with Gasteiger partial charge in [0.2, 0.25) is 17.7 Å². The van der Waals surface area contributed by atoms with Crippen LogP contribution in [0.5, 0.6) is 0 Å². The predicted molar refractivity (Wildman–Crippen MR) is 146 cm³/mol. The van der Waals surface area contributed by atoms with Crippen molar-refractivity contribution in [1.29, 1.82) is 0 Å². The number of nitrogens with one attached hydrogen (secondary N) is 2. The highest BCUT2D eigenvalue weighted by molar-refractivity contribution is 6.30. The van der Waals surface area contributed by atoms with Gasteiger partial charge in [0, 0.05) is 42.9 Å². The third kappa shape index (κ3) is 5.10. The molecule has 1 aliphatic carbocycles. The normalized spacial score (nSPS) is 32.4. The van der Waals surface area contributed by atoms with Crippen molar-refractivity contribution >= 4 is 35.0 Å². The van der Waals surface area contributed by atoms with E-state index in [9.17, 15) is 14.4 Å². The maximum Gasteiger partial charge on any atom is 0.246 e. The fourth-order valence-electron chi connectivity index (χ4n) is 7.08. The van der Waals surface area contributed by atoms with Crippen molar-refractivity contribution < 1.29 is 23.9 Å². The number of carbonyl (C=O) groups excluding carboxylic acids is 3. The monoisotopic (exact) mass is 556 g/mol. The van der Waals surface area contributed by atoms with Crippen LogP contribution in [-0.2, 0) is 23.9 Å². The van der Waals surface area contributed by atoms with Gasteiger partial charge in [-0.25, -0.2) is 0 Å². The van der Waals surface area contributed by atoms with Gasteiger partial charge in [-0.3, -0.25) is 19.3 Å². The Hall–Kier alpha value is -2.46. The molecule has 4 fully saturated rings. The Morgan fingerprint density at radius 1 is 1.03 bits per heavy atom. The number of morpholine rings is 1. The van der Waals surface area contributed by atoms with Crippen molar-refractivity contribution in [2.75, 3.05) is 44.7 Å². The zero-order chi connectivity index (χ0) is 27.0. The fraction of sp³-hybridized carbons (Fsp3) is 0.621. The van der Waals surface area contributed by atoms with E-state index < -0.39 is 29.6 Å². The molecule has 2 N–H and O–H groups in total. The van der Waals surface area contributed by atoms with E-state index in [1.165, 1.54) is 6.42 Å². The molecule has 1 spiro atoms. The van der Waals surface area contributed by atoms with Gasteiger partial charge >= 0.3 is 0 Å². The van der Waals surface area contributed by atoms with E-state index in [1.54, 1.807) is 29.2 Å². The van der Waals surface area contributed by atoms with Crippen LogP contribution in [0.4, 0.5) is 5.69 Å². The lowest BCUT2D eigenvalue weighted by atomic mass is 9.74. The van der Waals surface area contributed by atoms with Gasteiger partial charge in [0.05, 0.1) is 31.2 Å². The van der Waals surface area contributed by atoms with E-state index in [0.29, 0.717) is 30.5 Å². The Morgan fingerprint density at radius 2 is 1.77 bits per heavy atom. The molecule has 1 aromatic rings. The third-order valence-electron chi connectivity index (χ3n) is 8.97. The van der Waals surface area contributed by atoms with Crippen LogP contribution in [0.3, 0.4) is 0 Å². The molecular weight excluding hydrogens is 520 g/mol. The first kappa shape index (κ1) is 26.7. The van der Waals surface area contributed by atoms with Crippen molar-refractivity contribution in [1.82, 2.24) is 15.1 Å². The summed E-state index contributed by atoms with van der Waals surface area (Å²) >= 11 is 6.00. The molecule has 9 nitrogen and oxygen atoms in total. The molecule has 6 rings (SSSR count). The highest BCUT2D eigenvalue weighted by Crippen LogP contribution is 2.55. The minimum Gasteiger partial charge on any atom is -0.379 e. The molecule has 5 aliphatic rings. The summed E-state index contributed by atoms with van der Waals surface area (Å²) in [5.74, 6) is -2.09. The van der Waals surface area contributed by atoms with E-state index in [1.807, 2.05) is 12.2 Å². The Balaban J connectivity index is 1.23. The minimum atomic E-state index is -1.14. The van der Waals surface area contributed by atoms with Crippen molar-refractivity contribution in [2.45, 2.75) is 62.3 Å². The Labute approximate surface area is 234 Å². The summed E-state index contributed by atoms with van der Waals surface area (Å²) in [4.78, 5) is 45.5. The molecule has 1 saturated carbocycles. The summed E-state index contributed by atoms with van der Waals surface area (Å²) in [5, 5.41) is 6.75. The molecule has 39 heavy (non-hydrogen) atoms. The zero-order valence-corrected chi connectivity index (χ0v) is 22.9. The van der Waals surface area contributed by atoms with Crippen LogP contribution in [-0.4, -0.2) is 90.7 Å². The summed E-state index contributed by atoms with van der Waals surface area (Å²) in [6.07, 6.45) is 9.19. The summed E-state index contributed by atoms with van der Waals surface area (Å²) < 4.78 is 11.9. The first-order valence-corrected chi connectivity index (χ1v) is 14.7. The number of benzene rings is 1. The maximum atomic E-state index is 14.1. The lowest BCUT2D eigenvalue weighted by Gasteiger charge is -2.34. The number of halogens is 1. The van der Waals surface area contributed by atoms with Gasteiger partial charge in [0.25, 0.3) is 0 Å². The maximum absolute atomic E-state index is 14.1. The lowest BCUT2D eigenvalue weighted by Crippen LogP contribution is -2.56. The number of likely N-dealkylation sites (tertiary alicyclic amines) is 1. The number of hydrogen-bond donors (Lipinski definition) is 2. The highest BCUT2D eigenvalue weighted by atomic mass is 35.5. The average molecular weight is 557 g/mol. The number of hydrogen-bond acceptors (Lipinski definition) is 6. The smallest absolute Gasteiger partial charge is 0.246 e. The number of anilines is 1. The second-order valence-electron chi connectivity index (χ2n) is 11.4.